The zero-order valence-corrected chi connectivity index (χ0v) is 13.3. The number of aliphatic hydroxyl groups excluding tert-OH is 1. The van der Waals surface area contributed by atoms with Crippen molar-refractivity contribution in [2.24, 2.45) is 0 Å². The van der Waals surface area contributed by atoms with E-state index in [4.69, 9.17) is 4.74 Å². The van der Waals surface area contributed by atoms with Crippen molar-refractivity contribution in [3.8, 4) is 0 Å². The number of amides is 1. The summed E-state index contributed by atoms with van der Waals surface area (Å²) in [5.41, 5.74) is 1.20. The number of anilines is 1. The molecular weight excluding hydrogens is 309 g/mol. The number of aliphatic hydroxyl groups is 1. The Hall–Kier alpha value is -2.24. The lowest BCUT2D eigenvalue weighted by Gasteiger charge is -2.36. The van der Waals surface area contributed by atoms with Crippen molar-refractivity contribution >= 4 is 11.6 Å². The van der Waals surface area contributed by atoms with Gasteiger partial charge in [0.25, 0.3) is 0 Å². The summed E-state index contributed by atoms with van der Waals surface area (Å²) in [5, 5.41) is 12.2. The number of carbonyl (C=O) groups is 1. The molecule has 1 aliphatic rings. The lowest BCUT2D eigenvalue weighted by molar-refractivity contribution is -0.125. The molecule has 0 spiro atoms. The molecule has 0 atom stereocenters. The van der Waals surface area contributed by atoms with E-state index in [-0.39, 0.29) is 18.3 Å². The van der Waals surface area contributed by atoms with Crippen molar-refractivity contribution in [1.29, 1.82) is 0 Å². The maximum Gasteiger partial charge on any atom is 0.235 e. The van der Waals surface area contributed by atoms with Crippen LogP contribution in [0.2, 0.25) is 0 Å². The number of ether oxygens (including phenoxy) is 1. The Morgan fingerprint density at radius 2 is 1.92 bits per heavy atom. The van der Waals surface area contributed by atoms with Gasteiger partial charge in [0, 0.05) is 18.9 Å². The van der Waals surface area contributed by atoms with Gasteiger partial charge in [-0.05, 0) is 48.2 Å². The zero-order valence-electron chi connectivity index (χ0n) is 13.3. The topological polar surface area (TPSA) is 58.6 Å². The molecule has 5 heteroatoms. The van der Waals surface area contributed by atoms with E-state index in [2.05, 4.69) is 5.32 Å². The van der Waals surface area contributed by atoms with Crippen LogP contribution >= 0.6 is 0 Å². The van der Waals surface area contributed by atoms with Crippen molar-refractivity contribution in [3.05, 3.63) is 65.5 Å². The van der Waals surface area contributed by atoms with Crippen molar-refractivity contribution in [2.45, 2.75) is 24.9 Å². The third kappa shape index (κ3) is 3.32. The molecule has 4 nitrogen and oxygen atoms in total. The van der Waals surface area contributed by atoms with Gasteiger partial charge in [0.05, 0.1) is 12.0 Å². The fourth-order valence-corrected chi connectivity index (χ4v) is 3.15. The Morgan fingerprint density at radius 3 is 2.62 bits per heavy atom. The SMILES string of the molecule is O=C(Nc1cccc(CO)c1)C1(c2cccc(F)c2)CCOCC1. The maximum absolute atomic E-state index is 13.7. The van der Waals surface area contributed by atoms with Crippen LogP contribution in [-0.4, -0.2) is 24.2 Å². The van der Waals surface area contributed by atoms with E-state index in [1.807, 2.05) is 0 Å². The van der Waals surface area contributed by atoms with Crippen LogP contribution in [0.5, 0.6) is 0 Å². The van der Waals surface area contributed by atoms with Crippen molar-refractivity contribution in [1.82, 2.24) is 0 Å². The number of hydrogen-bond donors (Lipinski definition) is 2. The monoisotopic (exact) mass is 329 g/mol. The zero-order chi connectivity index (χ0) is 17.0. The average Bonchev–Trinajstić information content (AvgIpc) is 2.62. The molecule has 0 unspecified atom stereocenters. The Balaban J connectivity index is 1.92. The van der Waals surface area contributed by atoms with Crippen LogP contribution in [0.15, 0.2) is 48.5 Å². The summed E-state index contributed by atoms with van der Waals surface area (Å²) in [6, 6.07) is 13.3. The van der Waals surface area contributed by atoms with Gasteiger partial charge in [0.15, 0.2) is 0 Å². The second kappa shape index (κ2) is 7.11. The molecule has 1 heterocycles. The van der Waals surface area contributed by atoms with E-state index in [0.29, 0.717) is 37.3 Å². The number of benzene rings is 2. The first kappa shape index (κ1) is 16.6. The number of carbonyl (C=O) groups excluding carboxylic acids is 1. The number of hydrogen-bond acceptors (Lipinski definition) is 3. The lowest BCUT2D eigenvalue weighted by Crippen LogP contribution is -2.44. The Morgan fingerprint density at radius 1 is 1.17 bits per heavy atom. The minimum atomic E-state index is -0.810. The van der Waals surface area contributed by atoms with Gasteiger partial charge in [-0.15, -0.1) is 0 Å². The molecule has 1 fully saturated rings. The van der Waals surface area contributed by atoms with Crippen LogP contribution in [-0.2, 0) is 21.6 Å². The highest BCUT2D eigenvalue weighted by Gasteiger charge is 2.42. The minimum Gasteiger partial charge on any atom is -0.392 e. The molecule has 3 rings (SSSR count). The predicted octanol–water partition coefficient (Wildman–Crippen LogP) is 3.00. The van der Waals surface area contributed by atoms with Crippen LogP contribution in [0, 0.1) is 5.82 Å². The standard InChI is InChI=1S/C19H20FNO3/c20-16-5-2-4-15(12-16)19(7-9-24-10-8-19)18(23)21-17-6-1-3-14(11-17)13-22/h1-6,11-12,22H,7-10,13H2,(H,21,23). The van der Waals surface area contributed by atoms with E-state index >= 15 is 0 Å². The molecule has 0 radical (unpaired) electrons. The van der Waals surface area contributed by atoms with Crippen molar-refractivity contribution in [3.63, 3.8) is 0 Å². The van der Waals surface area contributed by atoms with Crippen molar-refractivity contribution < 1.29 is 19.0 Å². The van der Waals surface area contributed by atoms with Gasteiger partial charge >= 0.3 is 0 Å². The summed E-state index contributed by atoms with van der Waals surface area (Å²) in [5.74, 6) is -0.528. The Labute approximate surface area is 140 Å². The second-order valence-electron chi connectivity index (χ2n) is 6.02. The van der Waals surface area contributed by atoms with E-state index in [0.717, 1.165) is 5.56 Å². The van der Waals surface area contributed by atoms with E-state index < -0.39 is 5.41 Å². The summed E-state index contributed by atoms with van der Waals surface area (Å²) in [4.78, 5) is 13.0. The Bertz CT molecular complexity index is 726. The van der Waals surface area contributed by atoms with Gasteiger partial charge in [-0.25, -0.2) is 4.39 Å². The van der Waals surface area contributed by atoms with Gasteiger partial charge in [-0.1, -0.05) is 24.3 Å². The van der Waals surface area contributed by atoms with E-state index in [1.165, 1.54) is 12.1 Å². The van der Waals surface area contributed by atoms with Crippen molar-refractivity contribution in [2.75, 3.05) is 18.5 Å². The maximum atomic E-state index is 13.7. The first-order chi connectivity index (χ1) is 11.6. The molecule has 2 N–H and O–H groups in total. The van der Waals surface area contributed by atoms with Crippen LogP contribution < -0.4 is 5.32 Å². The predicted molar refractivity (Wildman–Crippen MR) is 89.1 cm³/mol. The van der Waals surface area contributed by atoms with Crippen LogP contribution in [0.25, 0.3) is 0 Å². The quantitative estimate of drug-likeness (QED) is 0.906. The summed E-state index contributed by atoms with van der Waals surface area (Å²) in [7, 11) is 0. The fourth-order valence-electron chi connectivity index (χ4n) is 3.15. The molecule has 0 aliphatic carbocycles. The highest BCUT2D eigenvalue weighted by atomic mass is 19.1. The smallest absolute Gasteiger partial charge is 0.235 e. The first-order valence-electron chi connectivity index (χ1n) is 7.99. The van der Waals surface area contributed by atoms with Crippen LogP contribution in [0.3, 0.4) is 0 Å². The third-order valence-corrected chi connectivity index (χ3v) is 4.53. The second-order valence-corrected chi connectivity index (χ2v) is 6.02. The third-order valence-electron chi connectivity index (χ3n) is 4.53. The fraction of sp³-hybridized carbons (Fsp3) is 0.316. The molecule has 0 aromatic heterocycles. The highest BCUT2D eigenvalue weighted by molar-refractivity contribution is 5.99. The molecule has 2 aromatic rings. The highest BCUT2D eigenvalue weighted by Crippen LogP contribution is 2.36. The molecule has 0 saturated carbocycles. The van der Waals surface area contributed by atoms with Crippen LogP contribution in [0.1, 0.15) is 24.0 Å². The molecule has 24 heavy (non-hydrogen) atoms. The molecule has 2 aromatic carbocycles. The first-order valence-corrected chi connectivity index (χ1v) is 7.99. The van der Waals surface area contributed by atoms with Crippen LogP contribution in [0.4, 0.5) is 10.1 Å². The Kier molecular flexibility index (Phi) is 4.92. The summed E-state index contributed by atoms with van der Waals surface area (Å²) in [6.07, 6.45) is 1.00. The molecule has 1 aliphatic heterocycles. The lowest BCUT2D eigenvalue weighted by atomic mass is 9.73. The summed E-state index contributed by atoms with van der Waals surface area (Å²) in [6.45, 7) is 0.827. The van der Waals surface area contributed by atoms with Gasteiger partial charge < -0.3 is 15.2 Å². The molecule has 1 saturated heterocycles. The van der Waals surface area contributed by atoms with E-state index in [1.54, 1.807) is 36.4 Å². The van der Waals surface area contributed by atoms with Gasteiger partial charge in [0.1, 0.15) is 5.82 Å². The summed E-state index contributed by atoms with van der Waals surface area (Å²) < 4.78 is 19.1. The average molecular weight is 329 g/mol. The normalized spacial score (nSPS) is 16.6. The molecule has 1 amide bonds. The van der Waals surface area contributed by atoms with Gasteiger partial charge in [-0.3, -0.25) is 4.79 Å². The van der Waals surface area contributed by atoms with Gasteiger partial charge in [-0.2, -0.15) is 0 Å². The molecule has 0 bridgehead atoms. The van der Waals surface area contributed by atoms with Gasteiger partial charge in [0.2, 0.25) is 5.91 Å². The molecular formula is C19H20FNO3. The van der Waals surface area contributed by atoms with E-state index in [9.17, 15) is 14.3 Å². The number of rotatable bonds is 4. The number of halogens is 1. The number of nitrogens with one attached hydrogen (secondary N) is 1. The molecule has 126 valence electrons. The minimum absolute atomic E-state index is 0.0907. The summed E-state index contributed by atoms with van der Waals surface area (Å²) >= 11 is 0. The largest absolute Gasteiger partial charge is 0.392 e.